The second kappa shape index (κ2) is 7.44. The summed E-state index contributed by atoms with van der Waals surface area (Å²) < 4.78 is 5.58. The van der Waals surface area contributed by atoms with Crippen LogP contribution in [0.2, 0.25) is 0 Å². The number of nitrogens with one attached hydrogen (secondary N) is 1. The number of rotatable bonds is 8. The van der Waals surface area contributed by atoms with Gasteiger partial charge >= 0.3 is 0 Å². The Bertz CT molecular complexity index is 137. The molecule has 0 bridgehead atoms. The Morgan fingerprint density at radius 2 is 2.07 bits per heavy atom. The molecule has 0 rings (SSSR count). The van der Waals surface area contributed by atoms with Gasteiger partial charge in [-0.1, -0.05) is 0 Å². The Kier molecular flexibility index (Phi) is 7.52. The maximum atomic E-state index is 5.58. The molecule has 0 spiro atoms. The summed E-state index contributed by atoms with van der Waals surface area (Å²) in [7, 11) is 0. The van der Waals surface area contributed by atoms with Crippen molar-refractivity contribution >= 4 is 12.6 Å². The minimum atomic E-state index is -0.826. The van der Waals surface area contributed by atoms with Crippen LogP contribution < -0.4 is 22.1 Å². The SMILES string of the molecule is CC(C)OC([S-])(NCCN)[NH2+]CCN. The van der Waals surface area contributed by atoms with Gasteiger partial charge in [-0.2, -0.15) is 0 Å². The normalized spacial score (nSPS) is 15.9. The van der Waals surface area contributed by atoms with Crippen LogP contribution in [0.25, 0.3) is 0 Å². The molecule has 0 radical (unpaired) electrons. The lowest BCUT2D eigenvalue weighted by Gasteiger charge is -2.39. The van der Waals surface area contributed by atoms with E-state index in [0.29, 0.717) is 19.6 Å². The molecule has 0 aliphatic rings. The molecule has 86 valence electrons. The summed E-state index contributed by atoms with van der Waals surface area (Å²) in [4.78, 5) is 0. The first-order valence-electron chi connectivity index (χ1n) is 4.92. The van der Waals surface area contributed by atoms with Crippen LogP contribution in [0, 0.1) is 0 Å². The molecule has 6 heteroatoms. The van der Waals surface area contributed by atoms with E-state index in [1.54, 1.807) is 0 Å². The zero-order valence-electron chi connectivity index (χ0n) is 8.95. The van der Waals surface area contributed by atoms with Gasteiger partial charge in [0, 0.05) is 19.6 Å². The predicted molar refractivity (Wildman–Crippen MR) is 59.2 cm³/mol. The van der Waals surface area contributed by atoms with Crippen LogP contribution in [0.4, 0.5) is 0 Å². The summed E-state index contributed by atoms with van der Waals surface area (Å²) in [5.74, 6) is 0. The second-order valence-corrected chi connectivity index (χ2v) is 3.94. The molecule has 0 fully saturated rings. The van der Waals surface area contributed by atoms with E-state index in [9.17, 15) is 0 Å². The fraction of sp³-hybridized carbons (Fsp3) is 1.00. The minimum Gasteiger partial charge on any atom is -0.674 e. The lowest BCUT2D eigenvalue weighted by molar-refractivity contribution is -0.748. The first-order valence-corrected chi connectivity index (χ1v) is 5.32. The van der Waals surface area contributed by atoms with Crippen molar-refractivity contribution < 1.29 is 10.1 Å². The smallest absolute Gasteiger partial charge is 0.143 e. The molecule has 0 amide bonds. The average molecular weight is 222 g/mol. The van der Waals surface area contributed by atoms with E-state index in [2.05, 4.69) is 5.32 Å². The zero-order valence-corrected chi connectivity index (χ0v) is 9.77. The lowest BCUT2D eigenvalue weighted by Crippen LogP contribution is -3.02. The molecule has 0 saturated carbocycles. The molecule has 14 heavy (non-hydrogen) atoms. The number of ether oxygens (including phenoxy) is 1. The van der Waals surface area contributed by atoms with Crippen molar-refractivity contribution in [2.75, 3.05) is 26.2 Å². The first kappa shape index (κ1) is 14.2. The fourth-order valence-corrected chi connectivity index (χ4v) is 1.44. The predicted octanol–water partition coefficient (Wildman–Crippen LogP) is -2.36. The van der Waals surface area contributed by atoms with E-state index in [4.69, 9.17) is 28.8 Å². The van der Waals surface area contributed by atoms with E-state index < -0.39 is 5.18 Å². The van der Waals surface area contributed by atoms with Crippen molar-refractivity contribution in [2.45, 2.75) is 25.1 Å². The Morgan fingerprint density at radius 3 is 2.50 bits per heavy atom. The summed E-state index contributed by atoms with van der Waals surface area (Å²) in [5.41, 5.74) is 10.8. The summed E-state index contributed by atoms with van der Waals surface area (Å²) in [5, 5.41) is 4.11. The van der Waals surface area contributed by atoms with Crippen LogP contribution >= 0.6 is 0 Å². The van der Waals surface area contributed by atoms with Crippen molar-refractivity contribution in [3.63, 3.8) is 0 Å². The quantitative estimate of drug-likeness (QED) is 0.272. The monoisotopic (exact) mass is 222 g/mol. The van der Waals surface area contributed by atoms with Gasteiger partial charge in [-0.05, 0) is 13.8 Å². The van der Waals surface area contributed by atoms with Crippen molar-refractivity contribution in [1.29, 1.82) is 0 Å². The highest BCUT2D eigenvalue weighted by atomic mass is 32.1. The number of hydrogen-bond acceptors (Lipinski definition) is 5. The summed E-state index contributed by atoms with van der Waals surface area (Å²) >= 11 is 5.31. The van der Waals surface area contributed by atoms with Crippen LogP contribution in [0.5, 0.6) is 0 Å². The topological polar surface area (TPSA) is 89.9 Å². The molecule has 1 unspecified atom stereocenters. The van der Waals surface area contributed by atoms with E-state index >= 15 is 0 Å². The van der Waals surface area contributed by atoms with Gasteiger partial charge in [0.2, 0.25) is 0 Å². The third-order valence-electron chi connectivity index (χ3n) is 1.51. The van der Waals surface area contributed by atoms with E-state index in [0.717, 1.165) is 6.54 Å². The summed E-state index contributed by atoms with van der Waals surface area (Å²) in [6.07, 6.45) is 0.0757. The van der Waals surface area contributed by atoms with Crippen molar-refractivity contribution in [1.82, 2.24) is 5.32 Å². The number of quaternary nitrogens is 1. The molecular formula is C8H22N4OS. The molecule has 0 heterocycles. The zero-order chi connectivity index (χ0) is 11.0. The molecule has 0 aromatic heterocycles. The number of nitrogens with two attached hydrogens (primary N) is 3. The molecule has 0 aromatic rings. The molecule has 7 N–H and O–H groups in total. The summed E-state index contributed by atoms with van der Waals surface area (Å²) in [6.45, 7) is 6.37. The summed E-state index contributed by atoms with van der Waals surface area (Å²) in [6, 6.07) is 0. The third kappa shape index (κ3) is 6.58. The van der Waals surface area contributed by atoms with Gasteiger partial charge in [0.25, 0.3) is 0 Å². The maximum absolute atomic E-state index is 5.58. The standard InChI is InChI=1S/C8H22N4OS/c1-7(2)13-8(14,11-5-3-9)12-6-4-10/h7,11-12,14H,3-6,9-10H2,1-2H3. The molecule has 0 aromatic carbocycles. The second-order valence-electron chi connectivity index (χ2n) is 3.33. The van der Waals surface area contributed by atoms with Crippen molar-refractivity contribution in [2.24, 2.45) is 11.5 Å². The average Bonchev–Trinajstić information content (AvgIpc) is 2.11. The lowest BCUT2D eigenvalue weighted by atomic mass is 10.5. The maximum Gasteiger partial charge on any atom is 0.143 e. The van der Waals surface area contributed by atoms with Gasteiger partial charge in [0.1, 0.15) is 5.18 Å². The molecule has 5 nitrogen and oxygen atoms in total. The van der Waals surface area contributed by atoms with Gasteiger partial charge in [0.15, 0.2) is 0 Å². The Morgan fingerprint density at radius 1 is 1.43 bits per heavy atom. The van der Waals surface area contributed by atoms with Crippen LogP contribution in [-0.2, 0) is 17.4 Å². The van der Waals surface area contributed by atoms with Gasteiger partial charge < -0.3 is 34.1 Å². The molecular weight excluding hydrogens is 200 g/mol. The molecule has 0 saturated heterocycles. The van der Waals surface area contributed by atoms with Crippen LogP contribution in [-0.4, -0.2) is 37.5 Å². The third-order valence-corrected chi connectivity index (χ3v) is 1.91. The van der Waals surface area contributed by atoms with Crippen molar-refractivity contribution in [3.05, 3.63) is 0 Å². The molecule has 0 aliphatic heterocycles. The van der Waals surface area contributed by atoms with Crippen LogP contribution in [0.15, 0.2) is 0 Å². The van der Waals surface area contributed by atoms with E-state index in [1.807, 2.05) is 19.2 Å². The van der Waals surface area contributed by atoms with Gasteiger partial charge in [-0.25, -0.2) is 0 Å². The van der Waals surface area contributed by atoms with Gasteiger partial charge in [0.05, 0.1) is 12.6 Å². The Balaban J connectivity index is 4.03. The highest BCUT2D eigenvalue weighted by Gasteiger charge is 2.19. The molecule has 1 atom stereocenters. The van der Waals surface area contributed by atoms with Crippen LogP contribution in [0.1, 0.15) is 13.8 Å². The minimum absolute atomic E-state index is 0.0757. The van der Waals surface area contributed by atoms with E-state index in [-0.39, 0.29) is 6.10 Å². The number of hydrogen-bond donors (Lipinski definition) is 4. The first-order chi connectivity index (χ1) is 6.54. The van der Waals surface area contributed by atoms with Gasteiger partial charge in [-0.15, -0.1) is 0 Å². The molecule has 0 aliphatic carbocycles. The Hall–Kier alpha value is 0.150. The fourth-order valence-electron chi connectivity index (χ4n) is 1.03. The Labute approximate surface area is 91.3 Å². The highest BCUT2D eigenvalue weighted by molar-refractivity contribution is 7.59. The largest absolute Gasteiger partial charge is 0.674 e. The highest BCUT2D eigenvalue weighted by Crippen LogP contribution is 1.98. The van der Waals surface area contributed by atoms with Crippen LogP contribution in [0.3, 0.4) is 0 Å². The van der Waals surface area contributed by atoms with Crippen molar-refractivity contribution in [3.8, 4) is 0 Å². The van der Waals surface area contributed by atoms with E-state index in [1.165, 1.54) is 0 Å². The van der Waals surface area contributed by atoms with Gasteiger partial charge in [-0.3, -0.25) is 5.32 Å².